The average Bonchev–Trinajstić information content (AvgIpc) is 2.67. The van der Waals surface area contributed by atoms with E-state index in [4.69, 9.17) is 4.74 Å². The molecule has 0 heterocycles. The fourth-order valence-corrected chi connectivity index (χ4v) is 3.93. The van der Waals surface area contributed by atoms with Gasteiger partial charge in [-0.25, -0.2) is 8.93 Å². The lowest BCUT2D eigenvalue weighted by molar-refractivity contribution is -0.129. The van der Waals surface area contributed by atoms with Crippen molar-refractivity contribution in [1.29, 1.82) is 0 Å². The van der Waals surface area contributed by atoms with Gasteiger partial charge >= 0.3 is 0 Å². The number of ether oxygens (including phenoxy) is 1. The van der Waals surface area contributed by atoms with E-state index in [2.05, 4.69) is 10.0 Å². The summed E-state index contributed by atoms with van der Waals surface area (Å²) in [6.07, 6.45) is 0. The third kappa shape index (κ3) is 5.66. The molecule has 6 heteroatoms. The minimum Gasteiger partial charge on any atom is -0.497 e. The average molecular weight is 403 g/mol. The summed E-state index contributed by atoms with van der Waals surface area (Å²) in [6, 6.07) is 14.8. The van der Waals surface area contributed by atoms with Crippen molar-refractivity contribution in [2.45, 2.75) is 51.6 Å². The van der Waals surface area contributed by atoms with Crippen molar-refractivity contribution in [3.05, 3.63) is 59.7 Å². The smallest absolute Gasteiger partial charge is 0.225 e. The lowest BCUT2D eigenvalue weighted by Crippen LogP contribution is -2.37. The molecule has 1 unspecified atom stereocenters. The minimum atomic E-state index is -1.42. The summed E-state index contributed by atoms with van der Waals surface area (Å²) in [5.41, 5.74) is 1.37. The van der Waals surface area contributed by atoms with Gasteiger partial charge in [0, 0.05) is 11.5 Å². The second-order valence-electron chi connectivity index (χ2n) is 7.86. The molecule has 0 fully saturated rings. The van der Waals surface area contributed by atoms with Crippen LogP contribution in [0.15, 0.2) is 53.4 Å². The van der Waals surface area contributed by atoms with E-state index in [0.29, 0.717) is 4.90 Å². The maximum Gasteiger partial charge on any atom is 0.225 e. The Hall–Kier alpha value is -2.18. The van der Waals surface area contributed by atoms with E-state index >= 15 is 0 Å². The summed E-state index contributed by atoms with van der Waals surface area (Å²) >= 11 is 0. The Bertz CT molecular complexity index is 828. The Morgan fingerprint density at radius 2 is 1.61 bits per heavy atom. The maximum atomic E-state index is 13.0. The zero-order valence-electron chi connectivity index (χ0n) is 17.4. The van der Waals surface area contributed by atoms with Crippen LogP contribution in [0.25, 0.3) is 0 Å². The van der Waals surface area contributed by atoms with Crippen LogP contribution in [0.4, 0.5) is 0 Å². The number of benzene rings is 2. The standard InChI is InChI=1S/C22H30N2O3S/c1-15(17-11-13-18(27-6)14-12-17)24-28(26)20-10-8-7-9-19(20)16(2)23-21(25)22(3,4)5/h7-16,24H,1-6H3,(H,23,25)/t15-,16+,28?/m0/s1. The first kappa shape index (κ1) is 22.1. The predicted octanol–water partition coefficient (Wildman–Crippen LogP) is 4.29. The Morgan fingerprint density at radius 3 is 2.18 bits per heavy atom. The maximum absolute atomic E-state index is 13.0. The molecule has 1 amide bonds. The fourth-order valence-electron chi connectivity index (χ4n) is 2.68. The molecule has 2 N–H and O–H groups in total. The number of hydrogen-bond acceptors (Lipinski definition) is 3. The van der Waals surface area contributed by atoms with E-state index in [1.54, 1.807) is 7.11 Å². The number of carbonyl (C=O) groups is 1. The molecule has 2 aromatic rings. The third-order valence-electron chi connectivity index (χ3n) is 4.51. The molecule has 152 valence electrons. The summed E-state index contributed by atoms with van der Waals surface area (Å²) in [5.74, 6) is 0.742. The molecule has 0 aliphatic heterocycles. The highest BCUT2D eigenvalue weighted by molar-refractivity contribution is 7.83. The highest BCUT2D eigenvalue weighted by atomic mass is 32.2. The van der Waals surface area contributed by atoms with Crippen LogP contribution in [0.3, 0.4) is 0 Å². The van der Waals surface area contributed by atoms with Crippen LogP contribution in [0, 0.1) is 5.41 Å². The van der Waals surface area contributed by atoms with Crippen LogP contribution in [-0.2, 0) is 15.8 Å². The Labute approximate surface area is 170 Å². The zero-order valence-corrected chi connectivity index (χ0v) is 18.2. The zero-order chi connectivity index (χ0) is 20.9. The highest BCUT2D eigenvalue weighted by Gasteiger charge is 2.25. The summed E-state index contributed by atoms with van der Waals surface area (Å²) in [5, 5.41) is 3.01. The van der Waals surface area contributed by atoms with Crippen LogP contribution in [0.5, 0.6) is 5.75 Å². The quantitative estimate of drug-likeness (QED) is 0.726. The Kier molecular flexibility index (Phi) is 7.38. The Balaban J connectivity index is 2.16. The molecule has 0 bridgehead atoms. The molecule has 0 saturated heterocycles. The molecule has 2 aromatic carbocycles. The van der Waals surface area contributed by atoms with Crippen LogP contribution >= 0.6 is 0 Å². The predicted molar refractivity (Wildman–Crippen MR) is 113 cm³/mol. The molecule has 0 saturated carbocycles. The van der Waals surface area contributed by atoms with E-state index in [9.17, 15) is 9.00 Å². The van der Waals surface area contributed by atoms with E-state index in [0.717, 1.165) is 16.9 Å². The van der Waals surface area contributed by atoms with E-state index in [1.165, 1.54) is 0 Å². The van der Waals surface area contributed by atoms with Gasteiger partial charge in [0.05, 0.1) is 18.0 Å². The molecule has 5 nitrogen and oxygen atoms in total. The van der Waals surface area contributed by atoms with Gasteiger partial charge in [-0.1, -0.05) is 51.1 Å². The van der Waals surface area contributed by atoms with Gasteiger partial charge in [0.25, 0.3) is 0 Å². The van der Waals surface area contributed by atoms with Crippen molar-refractivity contribution < 1.29 is 13.7 Å². The van der Waals surface area contributed by atoms with E-state index in [1.807, 2.05) is 83.1 Å². The van der Waals surface area contributed by atoms with Crippen molar-refractivity contribution in [3.63, 3.8) is 0 Å². The summed E-state index contributed by atoms with van der Waals surface area (Å²) in [4.78, 5) is 13.0. The molecular formula is C22H30N2O3S. The Morgan fingerprint density at radius 1 is 1.00 bits per heavy atom. The normalized spacial score (nSPS) is 14.8. The van der Waals surface area contributed by atoms with Gasteiger partial charge in [-0.05, 0) is 43.2 Å². The summed E-state index contributed by atoms with van der Waals surface area (Å²) < 4.78 is 21.4. The molecule has 0 aromatic heterocycles. The number of carbonyl (C=O) groups excluding carboxylic acids is 1. The fraction of sp³-hybridized carbons (Fsp3) is 0.409. The van der Waals surface area contributed by atoms with Crippen molar-refractivity contribution >= 4 is 16.9 Å². The topological polar surface area (TPSA) is 67.4 Å². The first-order valence-electron chi connectivity index (χ1n) is 9.35. The largest absolute Gasteiger partial charge is 0.497 e. The van der Waals surface area contributed by atoms with Gasteiger partial charge in [0.2, 0.25) is 5.91 Å². The van der Waals surface area contributed by atoms with Gasteiger partial charge < -0.3 is 10.1 Å². The summed E-state index contributed by atoms with van der Waals surface area (Å²) in [7, 11) is 0.205. The minimum absolute atomic E-state index is 0.0415. The van der Waals surface area contributed by atoms with Gasteiger partial charge in [0.15, 0.2) is 0 Å². The SMILES string of the molecule is COc1ccc([C@H](C)NS(=O)c2ccccc2[C@@H](C)NC(=O)C(C)(C)C)cc1. The second kappa shape index (κ2) is 9.34. The number of nitrogens with one attached hydrogen (secondary N) is 2. The molecule has 0 spiro atoms. The first-order valence-corrected chi connectivity index (χ1v) is 10.5. The number of rotatable bonds is 7. The molecule has 0 aliphatic rings. The van der Waals surface area contributed by atoms with Crippen molar-refractivity contribution in [1.82, 2.24) is 10.0 Å². The number of amides is 1. The van der Waals surface area contributed by atoms with Crippen molar-refractivity contribution in [3.8, 4) is 5.75 Å². The molecule has 28 heavy (non-hydrogen) atoms. The first-order chi connectivity index (χ1) is 13.1. The van der Waals surface area contributed by atoms with Crippen LogP contribution in [0.2, 0.25) is 0 Å². The molecule has 0 radical (unpaired) electrons. The third-order valence-corrected chi connectivity index (χ3v) is 5.85. The monoisotopic (exact) mass is 402 g/mol. The summed E-state index contributed by atoms with van der Waals surface area (Å²) in [6.45, 7) is 9.49. The molecular weight excluding hydrogens is 372 g/mol. The highest BCUT2D eigenvalue weighted by Crippen LogP contribution is 2.24. The number of hydrogen-bond donors (Lipinski definition) is 2. The van der Waals surface area contributed by atoms with Gasteiger partial charge in [-0.2, -0.15) is 0 Å². The molecule has 2 rings (SSSR count). The van der Waals surface area contributed by atoms with Crippen molar-refractivity contribution in [2.24, 2.45) is 5.41 Å². The second-order valence-corrected chi connectivity index (χ2v) is 9.08. The van der Waals surface area contributed by atoms with Gasteiger partial charge in [-0.3, -0.25) is 4.79 Å². The molecule has 0 aliphatic carbocycles. The van der Waals surface area contributed by atoms with E-state index in [-0.39, 0.29) is 18.0 Å². The molecule has 3 atom stereocenters. The van der Waals surface area contributed by atoms with E-state index < -0.39 is 16.4 Å². The van der Waals surface area contributed by atoms with Crippen LogP contribution < -0.4 is 14.8 Å². The van der Waals surface area contributed by atoms with Crippen molar-refractivity contribution in [2.75, 3.05) is 7.11 Å². The van der Waals surface area contributed by atoms with Gasteiger partial charge in [0.1, 0.15) is 16.7 Å². The van der Waals surface area contributed by atoms with Crippen LogP contribution in [0.1, 0.15) is 57.8 Å². The van der Waals surface area contributed by atoms with Crippen LogP contribution in [-0.4, -0.2) is 17.2 Å². The van der Waals surface area contributed by atoms with Gasteiger partial charge in [-0.15, -0.1) is 0 Å². The lowest BCUT2D eigenvalue weighted by Gasteiger charge is -2.24. The number of methoxy groups -OCH3 is 1. The lowest BCUT2D eigenvalue weighted by atomic mass is 9.94.